The minimum Gasteiger partial charge on any atom is -0.453 e. The monoisotopic (exact) mass is 579 g/mol. The van der Waals surface area contributed by atoms with Crippen LogP contribution in [0.3, 0.4) is 0 Å². The van der Waals surface area contributed by atoms with Crippen molar-refractivity contribution < 1.29 is 4.74 Å². The third-order valence-electron chi connectivity index (χ3n) is 8.25. The lowest BCUT2D eigenvalue weighted by Gasteiger charge is -2.33. The lowest BCUT2D eigenvalue weighted by molar-refractivity contribution is 0.477. The number of hydrogen-bond acceptors (Lipinski definition) is 5. The van der Waals surface area contributed by atoms with E-state index in [1.54, 1.807) is 0 Å². The van der Waals surface area contributed by atoms with E-state index in [-0.39, 0.29) is 0 Å². The van der Waals surface area contributed by atoms with Gasteiger partial charge in [0.2, 0.25) is 5.95 Å². The Labute approximate surface area is 259 Å². The second-order valence-electron chi connectivity index (χ2n) is 10.9. The zero-order valence-corrected chi connectivity index (χ0v) is 24.1. The van der Waals surface area contributed by atoms with Gasteiger partial charge < -0.3 is 9.64 Å². The van der Waals surface area contributed by atoms with Gasteiger partial charge in [0.1, 0.15) is 0 Å². The summed E-state index contributed by atoms with van der Waals surface area (Å²) in [5, 5.41) is 2.30. The Morgan fingerprint density at radius 2 is 0.933 bits per heavy atom. The van der Waals surface area contributed by atoms with Crippen LogP contribution in [-0.2, 0) is 0 Å². The van der Waals surface area contributed by atoms with E-state index in [1.807, 2.05) is 78.9 Å². The second kappa shape index (κ2) is 10.2. The number of benzene rings is 6. The van der Waals surface area contributed by atoms with Gasteiger partial charge in [-0.05, 0) is 48.5 Å². The van der Waals surface area contributed by atoms with E-state index in [2.05, 4.69) is 82.3 Å². The highest BCUT2D eigenvalue weighted by Gasteiger charge is 2.28. The van der Waals surface area contributed by atoms with Crippen molar-refractivity contribution in [3.8, 4) is 40.2 Å². The SMILES string of the molecule is c1ccc(-c2nc(-c3ccccc3N3c4ccccc4Oc4ccccc43)nc(-n3c4ccccc4c4ccccc43)n2)cc1. The zero-order chi connectivity index (χ0) is 29.7. The molecule has 0 saturated heterocycles. The molecule has 0 fully saturated rings. The molecule has 1 aliphatic heterocycles. The zero-order valence-electron chi connectivity index (χ0n) is 24.1. The van der Waals surface area contributed by atoms with Gasteiger partial charge in [-0.1, -0.05) is 103 Å². The molecule has 45 heavy (non-hydrogen) atoms. The predicted octanol–water partition coefficient (Wildman–Crippen LogP) is 9.88. The van der Waals surface area contributed by atoms with Crippen LogP contribution in [0.2, 0.25) is 0 Å². The predicted molar refractivity (Wildman–Crippen MR) is 180 cm³/mol. The molecule has 0 unspecified atom stereocenters. The minimum atomic E-state index is 0.564. The van der Waals surface area contributed by atoms with Crippen molar-refractivity contribution in [2.45, 2.75) is 0 Å². The van der Waals surface area contributed by atoms with E-state index in [9.17, 15) is 0 Å². The first-order valence-electron chi connectivity index (χ1n) is 14.9. The number of hydrogen-bond donors (Lipinski definition) is 0. The maximum atomic E-state index is 6.32. The van der Waals surface area contributed by atoms with E-state index in [0.717, 1.165) is 61.5 Å². The van der Waals surface area contributed by atoms with Crippen molar-refractivity contribution in [1.82, 2.24) is 19.5 Å². The Kier molecular flexibility index (Phi) is 5.71. The summed E-state index contributed by atoms with van der Waals surface area (Å²) >= 11 is 0. The van der Waals surface area contributed by atoms with Crippen LogP contribution in [0.1, 0.15) is 0 Å². The van der Waals surface area contributed by atoms with Gasteiger partial charge in [-0.25, -0.2) is 4.98 Å². The van der Waals surface area contributed by atoms with Gasteiger partial charge >= 0.3 is 0 Å². The van der Waals surface area contributed by atoms with Crippen LogP contribution < -0.4 is 9.64 Å². The number of ether oxygens (including phenoxy) is 1. The molecular weight excluding hydrogens is 554 g/mol. The molecule has 3 heterocycles. The summed E-state index contributed by atoms with van der Waals surface area (Å²) in [7, 11) is 0. The lowest BCUT2D eigenvalue weighted by Crippen LogP contribution is -2.17. The van der Waals surface area contributed by atoms with E-state index >= 15 is 0 Å². The molecule has 0 bridgehead atoms. The summed E-state index contributed by atoms with van der Waals surface area (Å²) in [6.45, 7) is 0. The first-order valence-corrected chi connectivity index (χ1v) is 14.9. The number of aromatic nitrogens is 4. The summed E-state index contributed by atoms with van der Waals surface area (Å²) in [6, 6.07) is 51.4. The minimum absolute atomic E-state index is 0.564. The van der Waals surface area contributed by atoms with Crippen LogP contribution in [0.15, 0.2) is 152 Å². The summed E-state index contributed by atoms with van der Waals surface area (Å²) in [5.74, 6) is 3.33. The molecule has 6 aromatic carbocycles. The van der Waals surface area contributed by atoms with Gasteiger partial charge in [0, 0.05) is 21.9 Å². The van der Waals surface area contributed by atoms with Crippen LogP contribution >= 0.6 is 0 Å². The third-order valence-corrected chi connectivity index (χ3v) is 8.25. The Morgan fingerprint density at radius 3 is 1.60 bits per heavy atom. The first kappa shape index (κ1) is 25.2. The van der Waals surface area contributed by atoms with Crippen molar-refractivity contribution in [3.05, 3.63) is 152 Å². The average molecular weight is 580 g/mol. The smallest absolute Gasteiger partial charge is 0.238 e. The molecule has 0 saturated carbocycles. The lowest BCUT2D eigenvalue weighted by atomic mass is 10.1. The van der Waals surface area contributed by atoms with Crippen molar-refractivity contribution in [2.75, 3.05) is 4.90 Å². The molecule has 0 radical (unpaired) electrons. The fraction of sp³-hybridized carbons (Fsp3) is 0. The number of nitrogens with zero attached hydrogens (tertiary/aromatic N) is 5. The van der Waals surface area contributed by atoms with Crippen molar-refractivity contribution in [3.63, 3.8) is 0 Å². The van der Waals surface area contributed by atoms with E-state index in [1.165, 1.54) is 0 Å². The van der Waals surface area contributed by atoms with Crippen LogP contribution in [-0.4, -0.2) is 19.5 Å². The van der Waals surface area contributed by atoms with E-state index in [4.69, 9.17) is 19.7 Å². The summed E-state index contributed by atoms with van der Waals surface area (Å²) < 4.78 is 8.46. The Hall–Kier alpha value is -6.27. The maximum Gasteiger partial charge on any atom is 0.238 e. The highest BCUT2D eigenvalue weighted by Crippen LogP contribution is 2.51. The second-order valence-corrected chi connectivity index (χ2v) is 10.9. The van der Waals surface area contributed by atoms with Gasteiger partial charge in [0.05, 0.1) is 28.1 Å². The number of anilines is 3. The van der Waals surface area contributed by atoms with Crippen molar-refractivity contribution in [1.29, 1.82) is 0 Å². The molecule has 0 amide bonds. The molecule has 6 heteroatoms. The van der Waals surface area contributed by atoms with Gasteiger partial charge in [-0.3, -0.25) is 4.57 Å². The van der Waals surface area contributed by atoms with Crippen LogP contribution in [0.5, 0.6) is 11.5 Å². The molecule has 8 aromatic rings. The van der Waals surface area contributed by atoms with Crippen molar-refractivity contribution >= 4 is 38.9 Å². The van der Waals surface area contributed by atoms with E-state index < -0.39 is 0 Å². The molecule has 6 nitrogen and oxygen atoms in total. The third kappa shape index (κ3) is 4.07. The normalized spacial score (nSPS) is 12.1. The highest BCUT2D eigenvalue weighted by atomic mass is 16.5. The summed E-state index contributed by atoms with van der Waals surface area (Å²) in [4.78, 5) is 17.7. The summed E-state index contributed by atoms with van der Waals surface area (Å²) in [5.41, 5.74) is 6.72. The van der Waals surface area contributed by atoms with Gasteiger partial charge in [-0.2, -0.15) is 9.97 Å². The topological polar surface area (TPSA) is 56.1 Å². The number of fused-ring (bicyclic) bond motifs is 5. The molecule has 0 N–H and O–H groups in total. The first-order chi connectivity index (χ1) is 22.3. The number of rotatable bonds is 4. The van der Waals surface area contributed by atoms with Gasteiger partial charge in [0.25, 0.3) is 0 Å². The quantitative estimate of drug-likeness (QED) is 0.208. The van der Waals surface area contributed by atoms with Crippen LogP contribution in [0.4, 0.5) is 17.1 Å². The Balaban J connectivity index is 1.33. The molecule has 0 aliphatic carbocycles. The molecule has 1 aliphatic rings. The average Bonchev–Trinajstić information content (AvgIpc) is 3.45. The Bertz CT molecular complexity index is 2280. The van der Waals surface area contributed by atoms with Crippen LogP contribution in [0.25, 0.3) is 50.5 Å². The van der Waals surface area contributed by atoms with E-state index in [0.29, 0.717) is 17.6 Å². The molecular formula is C39H25N5O. The number of para-hydroxylation sites is 7. The van der Waals surface area contributed by atoms with Crippen molar-refractivity contribution in [2.24, 2.45) is 0 Å². The molecule has 0 spiro atoms. The standard InChI is InChI=1S/C39H25N5O/c1-2-14-26(15-3-1)37-40-38(42-39(41-37)44-30-19-7-4-16-27(30)28-17-5-8-20-31(28)44)29-18-6-9-21-32(29)43-33-22-10-12-24-35(33)45-36-25-13-11-23-34(36)43/h1-25H. The summed E-state index contributed by atoms with van der Waals surface area (Å²) in [6.07, 6.45) is 0. The molecule has 2 aromatic heterocycles. The van der Waals surface area contributed by atoms with Gasteiger partial charge in [-0.15, -0.1) is 0 Å². The largest absolute Gasteiger partial charge is 0.453 e. The Morgan fingerprint density at radius 1 is 0.422 bits per heavy atom. The molecule has 9 rings (SSSR count). The fourth-order valence-corrected chi connectivity index (χ4v) is 6.26. The fourth-order valence-electron chi connectivity index (χ4n) is 6.26. The van der Waals surface area contributed by atoms with Gasteiger partial charge in [0.15, 0.2) is 23.1 Å². The highest BCUT2D eigenvalue weighted by molar-refractivity contribution is 6.09. The molecule has 0 atom stereocenters. The maximum absolute atomic E-state index is 6.32. The molecule has 212 valence electrons. The van der Waals surface area contributed by atoms with Crippen LogP contribution in [0, 0.1) is 0 Å².